The maximum absolute atomic E-state index is 12.1. The maximum atomic E-state index is 12.1. The summed E-state index contributed by atoms with van der Waals surface area (Å²) in [5.74, 6) is -0.391. The molecule has 0 aliphatic carbocycles. The van der Waals surface area contributed by atoms with E-state index < -0.39 is 0 Å². The Morgan fingerprint density at radius 3 is 2.35 bits per heavy atom. The summed E-state index contributed by atoms with van der Waals surface area (Å²) in [5.41, 5.74) is 1.41. The fourth-order valence-electron chi connectivity index (χ4n) is 2.51. The van der Waals surface area contributed by atoms with E-state index in [0.717, 1.165) is 12.1 Å². The van der Waals surface area contributed by atoms with Crippen molar-refractivity contribution >= 4 is 17.7 Å². The molecular formula is C17H23N3O3. The summed E-state index contributed by atoms with van der Waals surface area (Å²) in [6.07, 6.45) is 0.590. The number of likely N-dealkylation sites (tertiary alicyclic amines) is 1. The smallest absolute Gasteiger partial charge is 0.251 e. The van der Waals surface area contributed by atoms with Crippen molar-refractivity contribution in [2.45, 2.75) is 39.3 Å². The van der Waals surface area contributed by atoms with Gasteiger partial charge in [0.1, 0.15) is 0 Å². The number of carbonyl (C=O) groups is 3. The van der Waals surface area contributed by atoms with Crippen LogP contribution in [0.2, 0.25) is 0 Å². The van der Waals surface area contributed by atoms with E-state index >= 15 is 0 Å². The fourth-order valence-corrected chi connectivity index (χ4v) is 2.51. The molecule has 0 radical (unpaired) electrons. The molecule has 1 heterocycles. The van der Waals surface area contributed by atoms with Crippen molar-refractivity contribution in [2.75, 3.05) is 13.1 Å². The molecular weight excluding hydrogens is 294 g/mol. The first kappa shape index (κ1) is 17.1. The molecule has 124 valence electrons. The van der Waals surface area contributed by atoms with E-state index in [2.05, 4.69) is 10.6 Å². The van der Waals surface area contributed by atoms with E-state index in [1.165, 1.54) is 4.90 Å². The van der Waals surface area contributed by atoms with Gasteiger partial charge in [-0.2, -0.15) is 0 Å². The van der Waals surface area contributed by atoms with Crippen LogP contribution < -0.4 is 10.6 Å². The quantitative estimate of drug-likeness (QED) is 0.737. The van der Waals surface area contributed by atoms with Crippen LogP contribution in [-0.4, -0.2) is 41.8 Å². The van der Waals surface area contributed by atoms with Crippen molar-refractivity contribution in [1.29, 1.82) is 0 Å². The highest BCUT2D eigenvalue weighted by Crippen LogP contribution is 2.16. The molecule has 23 heavy (non-hydrogen) atoms. The third-order valence-electron chi connectivity index (χ3n) is 3.83. The van der Waals surface area contributed by atoms with Gasteiger partial charge >= 0.3 is 0 Å². The first-order chi connectivity index (χ1) is 11.0. The van der Waals surface area contributed by atoms with Crippen molar-refractivity contribution in [2.24, 2.45) is 0 Å². The van der Waals surface area contributed by atoms with Crippen LogP contribution in [0.3, 0.4) is 0 Å². The zero-order chi connectivity index (χ0) is 16.8. The molecule has 3 amide bonds. The summed E-state index contributed by atoms with van der Waals surface area (Å²) in [6.45, 7) is 5.73. The monoisotopic (exact) mass is 317 g/mol. The molecule has 1 saturated heterocycles. The van der Waals surface area contributed by atoms with Gasteiger partial charge in [-0.05, 0) is 31.2 Å². The number of hydrogen-bond donors (Lipinski definition) is 2. The molecule has 2 N–H and O–H groups in total. The van der Waals surface area contributed by atoms with Crippen LogP contribution in [0.1, 0.15) is 42.6 Å². The number of nitrogens with zero attached hydrogens (tertiary/aromatic N) is 1. The number of rotatable bonds is 7. The van der Waals surface area contributed by atoms with Crippen LogP contribution in [0.25, 0.3) is 0 Å². The zero-order valence-corrected chi connectivity index (χ0v) is 13.6. The highest BCUT2D eigenvalue weighted by atomic mass is 16.2. The molecule has 1 aromatic rings. The van der Waals surface area contributed by atoms with Gasteiger partial charge in [0.05, 0.1) is 6.54 Å². The summed E-state index contributed by atoms with van der Waals surface area (Å²) < 4.78 is 0. The highest BCUT2D eigenvalue weighted by Gasteiger charge is 2.28. The second kappa shape index (κ2) is 7.87. The minimum Gasteiger partial charge on any atom is -0.350 e. The Balaban J connectivity index is 1.90. The Morgan fingerprint density at radius 2 is 1.78 bits per heavy atom. The predicted molar refractivity (Wildman–Crippen MR) is 86.7 cm³/mol. The Bertz CT molecular complexity index is 567. The van der Waals surface area contributed by atoms with Crippen LogP contribution in [0, 0.1) is 0 Å². The van der Waals surface area contributed by atoms with Crippen molar-refractivity contribution in [3.63, 3.8) is 0 Å². The van der Waals surface area contributed by atoms with Crippen LogP contribution in [0.5, 0.6) is 0 Å². The van der Waals surface area contributed by atoms with Gasteiger partial charge in [0.15, 0.2) is 0 Å². The molecule has 0 saturated carbocycles. The van der Waals surface area contributed by atoms with Gasteiger partial charge in [-0.15, -0.1) is 0 Å². The second-order valence-corrected chi connectivity index (χ2v) is 5.74. The minimum absolute atomic E-state index is 0.130. The van der Waals surface area contributed by atoms with Crippen LogP contribution in [0.15, 0.2) is 24.3 Å². The summed E-state index contributed by atoms with van der Waals surface area (Å²) in [4.78, 5) is 36.5. The van der Waals surface area contributed by atoms with Gasteiger partial charge in [-0.25, -0.2) is 0 Å². The molecule has 0 bridgehead atoms. The summed E-state index contributed by atoms with van der Waals surface area (Å²) in [6, 6.07) is 7.21. The maximum Gasteiger partial charge on any atom is 0.251 e. The molecule has 1 fully saturated rings. The SMILES string of the molecule is CCN[C@H](C)CNC(=O)c1ccc(CN2C(=O)CCC2=O)cc1. The highest BCUT2D eigenvalue weighted by molar-refractivity contribution is 6.01. The molecule has 1 aliphatic rings. The van der Waals surface area contributed by atoms with E-state index in [1.54, 1.807) is 24.3 Å². The second-order valence-electron chi connectivity index (χ2n) is 5.74. The number of benzene rings is 1. The molecule has 6 nitrogen and oxygen atoms in total. The van der Waals surface area contributed by atoms with Crippen LogP contribution >= 0.6 is 0 Å². The summed E-state index contributed by atoms with van der Waals surface area (Å²) >= 11 is 0. The lowest BCUT2D eigenvalue weighted by Crippen LogP contribution is -2.38. The lowest BCUT2D eigenvalue weighted by molar-refractivity contribution is -0.139. The number of carbonyl (C=O) groups excluding carboxylic acids is 3. The van der Waals surface area contributed by atoms with Crippen LogP contribution in [0.4, 0.5) is 0 Å². The largest absolute Gasteiger partial charge is 0.350 e. The average Bonchev–Trinajstić information content (AvgIpc) is 2.85. The Hall–Kier alpha value is -2.21. The van der Waals surface area contributed by atoms with Gasteiger partial charge < -0.3 is 10.6 Å². The average molecular weight is 317 g/mol. The van der Waals surface area contributed by atoms with Crippen molar-refractivity contribution < 1.29 is 14.4 Å². The Labute approximate surface area is 136 Å². The Kier molecular flexibility index (Phi) is 5.87. The number of amides is 3. The summed E-state index contributed by atoms with van der Waals surface area (Å²) in [7, 11) is 0. The normalized spacial score (nSPS) is 15.8. The van der Waals surface area contributed by atoms with Gasteiger partial charge in [-0.1, -0.05) is 19.1 Å². The molecule has 1 atom stereocenters. The van der Waals surface area contributed by atoms with E-state index in [1.807, 2.05) is 13.8 Å². The standard InChI is InChI=1S/C17H23N3O3/c1-3-18-12(2)10-19-17(23)14-6-4-13(5-7-14)11-20-15(21)8-9-16(20)22/h4-7,12,18H,3,8-11H2,1-2H3,(H,19,23)/t12-/m1/s1. The van der Waals surface area contributed by atoms with Crippen molar-refractivity contribution in [3.8, 4) is 0 Å². The van der Waals surface area contributed by atoms with E-state index in [4.69, 9.17) is 0 Å². The van der Waals surface area contributed by atoms with Gasteiger partial charge in [0, 0.05) is 31.0 Å². The number of hydrogen-bond acceptors (Lipinski definition) is 4. The molecule has 1 aliphatic heterocycles. The topological polar surface area (TPSA) is 78.5 Å². The molecule has 0 aromatic heterocycles. The van der Waals surface area contributed by atoms with Gasteiger partial charge in [0.25, 0.3) is 5.91 Å². The van der Waals surface area contributed by atoms with Gasteiger partial charge in [0.2, 0.25) is 11.8 Å². The number of likely N-dealkylation sites (N-methyl/N-ethyl adjacent to an activating group) is 1. The lowest BCUT2D eigenvalue weighted by atomic mass is 10.1. The minimum atomic E-state index is -0.130. The van der Waals surface area contributed by atoms with Crippen LogP contribution in [-0.2, 0) is 16.1 Å². The molecule has 6 heteroatoms. The predicted octanol–water partition coefficient (Wildman–Crippen LogP) is 1.06. The fraction of sp³-hybridized carbons (Fsp3) is 0.471. The third kappa shape index (κ3) is 4.63. The first-order valence-electron chi connectivity index (χ1n) is 7.95. The molecule has 0 spiro atoms. The van der Waals surface area contributed by atoms with E-state index in [9.17, 15) is 14.4 Å². The number of imide groups is 1. The summed E-state index contributed by atoms with van der Waals surface area (Å²) in [5, 5.41) is 6.10. The van der Waals surface area contributed by atoms with Crippen molar-refractivity contribution in [1.82, 2.24) is 15.5 Å². The lowest BCUT2D eigenvalue weighted by Gasteiger charge is -2.15. The van der Waals surface area contributed by atoms with Gasteiger partial charge in [-0.3, -0.25) is 19.3 Å². The Morgan fingerprint density at radius 1 is 1.17 bits per heavy atom. The first-order valence-corrected chi connectivity index (χ1v) is 7.95. The molecule has 0 unspecified atom stereocenters. The zero-order valence-electron chi connectivity index (χ0n) is 13.6. The van der Waals surface area contributed by atoms with Crippen molar-refractivity contribution in [3.05, 3.63) is 35.4 Å². The molecule has 2 rings (SSSR count). The molecule has 1 aromatic carbocycles. The number of nitrogens with one attached hydrogen (secondary N) is 2. The van der Waals surface area contributed by atoms with E-state index in [0.29, 0.717) is 24.9 Å². The van der Waals surface area contributed by atoms with E-state index in [-0.39, 0.29) is 30.3 Å². The third-order valence-corrected chi connectivity index (χ3v) is 3.83.